The third kappa shape index (κ3) is 9.41. The van der Waals surface area contributed by atoms with Crippen molar-refractivity contribution in [1.82, 2.24) is 10.6 Å². The number of carbonyl (C=O) groups excluding carboxylic acids is 1. The van der Waals surface area contributed by atoms with Gasteiger partial charge in [-0.15, -0.1) is 0 Å². The first-order chi connectivity index (χ1) is 16.7. The molecule has 0 aliphatic heterocycles. The van der Waals surface area contributed by atoms with Gasteiger partial charge in [0, 0.05) is 17.8 Å². The van der Waals surface area contributed by atoms with E-state index in [9.17, 15) is 24.8 Å². The summed E-state index contributed by atoms with van der Waals surface area (Å²) in [5.74, 6) is -2.68. The number of amides is 1. The van der Waals surface area contributed by atoms with E-state index in [1.807, 2.05) is 60.7 Å². The van der Waals surface area contributed by atoms with Crippen LogP contribution in [0.1, 0.15) is 30.4 Å². The lowest BCUT2D eigenvalue weighted by molar-refractivity contribution is -0.480. The average molecular weight is 485 g/mol. The molecule has 0 radical (unpaired) electrons. The molecule has 7 N–H and O–H groups in total. The van der Waals surface area contributed by atoms with Crippen molar-refractivity contribution < 1.29 is 19.6 Å². The molecule has 11 heteroatoms. The van der Waals surface area contributed by atoms with Gasteiger partial charge >= 0.3 is 5.97 Å². The van der Waals surface area contributed by atoms with E-state index in [1.54, 1.807) is 0 Å². The molecule has 2 rings (SSSR count). The highest BCUT2D eigenvalue weighted by Gasteiger charge is 2.41. The predicted molar refractivity (Wildman–Crippen MR) is 132 cm³/mol. The molecule has 1 amide bonds. The second-order valence-electron chi connectivity index (χ2n) is 8.14. The van der Waals surface area contributed by atoms with E-state index in [0.29, 0.717) is 13.0 Å². The third-order valence-electron chi connectivity index (χ3n) is 5.36. The van der Waals surface area contributed by atoms with E-state index in [1.165, 1.54) is 5.56 Å². The summed E-state index contributed by atoms with van der Waals surface area (Å²) in [4.78, 5) is 39.4. The number of nitro groups is 1. The van der Waals surface area contributed by atoms with Crippen LogP contribution in [-0.2, 0) is 22.4 Å². The van der Waals surface area contributed by atoms with Gasteiger partial charge in [0.2, 0.25) is 18.1 Å². The van der Waals surface area contributed by atoms with Gasteiger partial charge in [-0.05, 0) is 36.9 Å². The molecule has 0 heterocycles. The quantitative estimate of drug-likeness (QED) is 0.0815. The van der Waals surface area contributed by atoms with Crippen molar-refractivity contribution in [2.45, 2.75) is 43.8 Å². The number of hydrogen-bond donors (Lipinski definition) is 5. The zero-order valence-corrected chi connectivity index (χ0v) is 19.4. The van der Waals surface area contributed by atoms with Crippen molar-refractivity contribution in [2.75, 3.05) is 13.1 Å². The van der Waals surface area contributed by atoms with Crippen molar-refractivity contribution >= 4 is 17.8 Å². The van der Waals surface area contributed by atoms with Crippen LogP contribution in [0.15, 0.2) is 65.7 Å². The van der Waals surface area contributed by atoms with E-state index < -0.39 is 41.0 Å². The molecule has 2 aromatic carbocycles. The average Bonchev–Trinajstić information content (AvgIpc) is 2.81. The minimum Gasteiger partial charge on any atom is -0.478 e. The molecule has 0 aliphatic rings. The highest BCUT2D eigenvalue weighted by molar-refractivity contribution is 5.91. The van der Waals surface area contributed by atoms with Crippen molar-refractivity contribution in [3.05, 3.63) is 81.9 Å². The highest BCUT2D eigenvalue weighted by atomic mass is 16.6. The summed E-state index contributed by atoms with van der Waals surface area (Å²) in [6.45, 7) is 0.0135. The van der Waals surface area contributed by atoms with Crippen LogP contribution in [0.5, 0.6) is 0 Å². The normalized spacial score (nSPS) is 13.3. The number of aliphatic imine (C=N–C) groups is 1. The Bertz CT molecular complexity index is 998. The second kappa shape index (κ2) is 13.7. The van der Waals surface area contributed by atoms with Crippen molar-refractivity contribution in [2.24, 2.45) is 16.5 Å². The van der Waals surface area contributed by atoms with Crippen LogP contribution in [0.25, 0.3) is 0 Å². The maximum atomic E-state index is 13.3. The smallest absolute Gasteiger partial charge is 0.352 e. The van der Waals surface area contributed by atoms with Gasteiger partial charge in [-0.1, -0.05) is 60.7 Å². The number of rotatable bonds is 15. The summed E-state index contributed by atoms with van der Waals surface area (Å²) < 4.78 is 0. The topological polar surface area (TPSA) is 186 Å². The maximum absolute atomic E-state index is 13.3. The number of nitrogens with one attached hydrogen (secondary N) is 2. The number of carbonyl (C=O) groups is 2. The number of guanidine groups is 1. The Labute approximate surface area is 203 Å². The monoisotopic (exact) mass is 484 g/mol. The largest absolute Gasteiger partial charge is 0.478 e. The van der Waals surface area contributed by atoms with Crippen LogP contribution in [0, 0.1) is 10.1 Å². The van der Waals surface area contributed by atoms with Crippen LogP contribution >= 0.6 is 0 Å². The van der Waals surface area contributed by atoms with Gasteiger partial charge < -0.3 is 27.2 Å². The van der Waals surface area contributed by atoms with Gasteiger partial charge in [0.25, 0.3) is 0 Å². The number of aliphatic carboxylic acids is 1. The van der Waals surface area contributed by atoms with Crippen LogP contribution in [0.4, 0.5) is 0 Å². The van der Waals surface area contributed by atoms with Gasteiger partial charge in [0.15, 0.2) is 5.96 Å². The van der Waals surface area contributed by atoms with Crippen molar-refractivity contribution in [1.29, 1.82) is 0 Å². The molecular formula is C24H32N6O5. The first-order valence-corrected chi connectivity index (χ1v) is 11.3. The van der Waals surface area contributed by atoms with Crippen molar-refractivity contribution in [3.63, 3.8) is 0 Å². The standard InChI is InChI=1S/C24H32N6O5/c25-23(26)29-24(22(32)33,14-8-16-30(34)35)28-21(31)20(17-19-11-5-2-6-12-19)27-15-7-13-18-9-3-1-4-10-18/h1-6,9-12,20,27H,7-8,13-17H2,(H,28,31)(H,32,33)(H4,25,26,29)/t20-,24-/m1/s1. The minimum atomic E-state index is -2.22. The summed E-state index contributed by atoms with van der Waals surface area (Å²) in [5, 5.41) is 26.3. The lowest BCUT2D eigenvalue weighted by atomic mass is 10.0. The molecule has 0 spiro atoms. The molecule has 35 heavy (non-hydrogen) atoms. The van der Waals surface area contributed by atoms with Gasteiger partial charge in [0.1, 0.15) is 0 Å². The molecule has 0 saturated heterocycles. The number of carboxylic acid groups (broad SMARTS) is 1. The lowest BCUT2D eigenvalue weighted by Gasteiger charge is -2.29. The van der Waals surface area contributed by atoms with Crippen molar-refractivity contribution in [3.8, 4) is 0 Å². The Hall–Kier alpha value is -3.99. The molecule has 0 aliphatic carbocycles. The van der Waals surface area contributed by atoms with E-state index >= 15 is 0 Å². The lowest BCUT2D eigenvalue weighted by Crippen LogP contribution is -2.59. The number of benzene rings is 2. The number of nitrogens with zero attached hydrogens (tertiary/aromatic N) is 2. The first-order valence-electron chi connectivity index (χ1n) is 11.3. The summed E-state index contributed by atoms with van der Waals surface area (Å²) in [6.07, 6.45) is 1.36. The summed E-state index contributed by atoms with van der Waals surface area (Å²) in [5.41, 5.74) is 10.7. The Morgan fingerprint density at radius 3 is 2.17 bits per heavy atom. The maximum Gasteiger partial charge on any atom is 0.352 e. The van der Waals surface area contributed by atoms with Gasteiger partial charge in [-0.25, -0.2) is 9.79 Å². The molecule has 188 valence electrons. The van der Waals surface area contributed by atoms with E-state index in [0.717, 1.165) is 18.4 Å². The SMILES string of the molecule is NC(N)=N[C@@](CCC[N+](=O)[O-])(NC(=O)[C@@H](Cc1ccccc1)NCCCc1ccccc1)C(=O)O. The van der Waals surface area contributed by atoms with E-state index in [4.69, 9.17) is 11.5 Å². The summed E-state index contributed by atoms with van der Waals surface area (Å²) in [7, 11) is 0. The molecule has 11 nitrogen and oxygen atoms in total. The number of nitrogens with two attached hydrogens (primary N) is 2. The number of hydrogen-bond acceptors (Lipinski definition) is 6. The fourth-order valence-corrected chi connectivity index (χ4v) is 3.65. The first kappa shape index (κ1) is 27.3. The summed E-state index contributed by atoms with van der Waals surface area (Å²) in [6, 6.07) is 18.4. The number of aryl methyl sites for hydroxylation is 1. The van der Waals surface area contributed by atoms with Gasteiger partial charge in [-0.3, -0.25) is 14.9 Å². The zero-order chi connectivity index (χ0) is 25.7. The van der Waals surface area contributed by atoms with Crippen LogP contribution < -0.4 is 22.1 Å². The van der Waals surface area contributed by atoms with E-state index in [2.05, 4.69) is 15.6 Å². The molecule has 2 atom stereocenters. The molecule has 0 saturated carbocycles. The van der Waals surface area contributed by atoms with E-state index in [-0.39, 0.29) is 12.8 Å². The molecular weight excluding hydrogens is 452 g/mol. The minimum absolute atomic E-state index is 0.149. The van der Waals surface area contributed by atoms with Crippen LogP contribution in [0.2, 0.25) is 0 Å². The van der Waals surface area contributed by atoms with Gasteiger partial charge in [-0.2, -0.15) is 0 Å². The molecule has 0 bridgehead atoms. The number of carboxylic acids is 1. The Kier molecular flexibility index (Phi) is 10.6. The fraction of sp³-hybridized carbons (Fsp3) is 0.375. The molecule has 2 aromatic rings. The van der Waals surface area contributed by atoms with Crippen LogP contribution in [-0.4, -0.2) is 52.7 Å². The summed E-state index contributed by atoms with van der Waals surface area (Å²) >= 11 is 0. The Balaban J connectivity index is 2.17. The Morgan fingerprint density at radius 1 is 1.03 bits per heavy atom. The highest BCUT2D eigenvalue weighted by Crippen LogP contribution is 2.17. The predicted octanol–water partition coefficient (Wildman–Crippen LogP) is 1.05. The van der Waals surface area contributed by atoms with Gasteiger partial charge in [0.05, 0.1) is 6.04 Å². The second-order valence-corrected chi connectivity index (χ2v) is 8.14. The molecule has 0 fully saturated rings. The zero-order valence-electron chi connectivity index (χ0n) is 19.4. The Morgan fingerprint density at radius 2 is 1.63 bits per heavy atom. The molecule has 0 aromatic heterocycles. The third-order valence-corrected chi connectivity index (χ3v) is 5.36. The fourth-order valence-electron chi connectivity index (χ4n) is 3.65. The van der Waals surface area contributed by atoms with Crippen LogP contribution in [0.3, 0.4) is 0 Å². The molecule has 0 unspecified atom stereocenters.